The van der Waals surface area contributed by atoms with Gasteiger partial charge in [0.2, 0.25) is 21.7 Å². The largest absolute Gasteiger partial charge is 0.353 e. The standard InChI is InChI=1S/C19H21N7O4S/c1-3-25(4-2)31(29,30)16-9-7-14(8-10-16)23-18-17(26(27)28)19(22-13-21-18)24-15-6-5-11-20-12-15/h5-13H,3-4H2,1-2H3,(H2,21,22,23,24). The molecule has 0 unspecified atom stereocenters. The van der Waals surface area contributed by atoms with Crippen molar-refractivity contribution >= 4 is 38.7 Å². The number of pyridine rings is 1. The number of nitrogens with one attached hydrogen (secondary N) is 2. The highest BCUT2D eigenvalue weighted by Crippen LogP contribution is 2.33. The van der Waals surface area contributed by atoms with Crippen molar-refractivity contribution in [3.63, 3.8) is 0 Å². The van der Waals surface area contributed by atoms with Gasteiger partial charge in [-0.25, -0.2) is 18.4 Å². The Labute approximate surface area is 179 Å². The van der Waals surface area contributed by atoms with Crippen molar-refractivity contribution < 1.29 is 13.3 Å². The first-order valence-corrected chi connectivity index (χ1v) is 10.8. The van der Waals surface area contributed by atoms with Crippen LogP contribution in [-0.2, 0) is 10.0 Å². The summed E-state index contributed by atoms with van der Waals surface area (Å²) in [6.45, 7) is 4.25. The van der Waals surface area contributed by atoms with Gasteiger partial charge in [-0.15, -0.1) is 0 Å². The summed E-state index contributed by atoms with van der Waals surface area (Å²) >= 11 is 0. The molecular formula is C19H21N7O4S. The van der Waals surface area contributed by atoms with Crippen LogP contribution in [0.25, 0.3) is 0 Å². The highest BCUT2D eigenvalue weighted by molar-refractivity contribution is 7.89. The van der Waals surface area contributed by atoms with Crippen LogP contribution in [0.4, 0.5) is 28.7 Å². The molecule has 0 aliphatic carbocycles. The maximum atomic E-state index is 12.6. The summed E-state index contributed by atoms with van der Waals surface area (Å²) in [5.74, 6) is -0.0398. The molecule has 1 aromatic carbocycles. The van der Waals surface area contributed by atoms with E-state index in [0.717, 1.165) is 0 Å². The maximum Gasteiger partial charge on any atom is 0.353 e. The summed E-state index contributed by atoms with van der Waals surface area (Å²) in [6, 6.07) is 9.31. The van der Waals surface area contributed by atoms with E-state index in [2.05, 4.69) is 25.6 Å². The fraction of sp³-hybridized carbons (Fsp3) is 0.211. The number of benzene rings is 1. The van der Waals surface area contributed by atoms with Crippen molar-refractivity contribution in [2.45, 2.75) is 18.7 Å². The average molecular weight is 443 g/mol. The predicted molar refractivity (Wildman–Crippen MR) is 116 cm³/mol. The molecule has 0 bridgehead atoms. The van der Waals surface area contributed by atoms with E-state index in [1.807, 2.05) is 0 Å². The first-order chi connectivity index (χ1) is 14.9. The van der Waals surface area contributed by atoms with E-state index in [1.165, 1.54) is 41.1 Å². The lowest BCUT2D eigenvalue weighted by molar-refractivity contribution is -0.383. The Morgan fingerprint density at radius 2 is 1.61 bits per heavy atom. The quantitative estimate of drug-likeness (QED) is 0.376. The Bertz CT molecular complexity index is 1150. The Morgan fingerprint density at radius 1 is 1.00 bits per heavy atom. The second kappa shape index (κ2) is 9.45. The summed E-state index contributed by atoms with van der Waals surface area (Å²) in [5.41, 5.74) is 0.611. The van der Waals surface area contributed by atoms with Crippen molar-refractivity contribution in [1.29, 1.82) is 0 Å². The molecule has 0 atom stereocenters. The lowest BCUT2D eigenvalue weighted by Crippen LogP contribution is -2.30. The van der Waals surface area contributed by atoms with Gasteiger partial charge >= 0.3 is 5.69 Å². The molecule has 11 nitrogen and oxygen atoms in total. The van der Waals surface area contributed by atoms with Gasteiger partial charge in [0.05, 0.1) is 21.7 Å². The van der Waals surface area contributed by atoms with E-state index in [1.54, 1.807) is 32.2 Å². The Balaban J connectivity index is 1.89. The first-order valence-electron chi connectivity index (χ1n) is 9.40. The molecule has 0 radical (unpaired) electrons. The minimum Gasteiger partial charge on any atom is -0.334 e. The Kier molecular flexibility index (Phi) is 6.72. The summed E-state index contributed by atoms with van der Waals surface area (Å²) in [5, 5.41) is 17.4. The number of hydrogen-bond donors (Lipinski definition) is 2. The minimum atomic E-state index is -3.60. The summed E-state index contributed by atoms with van der Waals surface area (Å²) in [7, 11) is -3.60. The van der Waals surface area contributed by atoms with Crippen LogP contribution in [0.3, 0.4) is 0 Å². The van der Waals surface area contributed by atoms with Gasteiger partial charge in [-0.05, 0) is 36.4 Å². The molecule has 0 spiro atoms. The highest BCUT2D eigenvalue weighted by Gasteiger charge is 2.24. The van der Waals surface area contributed by atoms with Gasteiger partial charge in [0.25, 0.3) is 0 Å². The molecular weight excluding hydrogens is 422 g/mol. The fourth-order valence-electron chi connectivity index (χ4n) is 2.87. The number of nitrogens with zero attached hydrogens (tertiary/aromatic N) is 5. The third-order valence-electron chi connectivity index (χ3n) is 4.39. The SMILES string of the molecule is CCN(CC)S(=O)(=O)c1ccc(Nc2ncnc(Nc3cccnc3)c2[N+](=O)[O-])cc1. The molecule has 162 valence electrons. The van der Waals surface area contributed by atoms with Gasteiger partial charge in [0.1, 0.15) is 6.33 Å². The van der Waals surface area contributed by atoms with Crippen molar-refractivity contribution in [1.82, 2.24) is 19.3 Å². The first kappa shape index (κ1) is 22.1. The lowest BCUT2D eigenvalue weighted by Gasteiger charge is -2.18. The highest BCUT2D eigenvalue weighted by atomic mass is 32.2. The molecule has 0 saturated heterocycles. The second-order valence-electron chi connectivity index (χ2n) is 6.28. The summed E-state index contributed by atoms with van der Waals surface area (Å²) < 4.78 is 26.6. The third kappa shape index (κ3) is 4.92. The van der Waals surface area contributed by atoms with E-state index >= 15 is 0 Å². The summed E-state index contributed by atoms with van der Waals surface area (Å²) in [4.78, 5) is 23.1. The molecule has 0 amide bonds. The van der Waals surface area contributed by atoms with E-state index in [9.17, 15) is 18.5 Å². The van der Waals surface area contributed by atoms with E-state index in [0.29, 0.717) is 24.5 Å². The number of rotatable bonds is 9. The van der Waals surface area contributed by atoms with Crippen LogP contribution in [0.15, 0.2) is 60.0 Å². The van der Waals surface area contributed by atoms with Gasteiger partial charge in [-0.1, -0.05) is 13.8 Å². The topological polar surface area (TPSA) is 143 Å². The van der Waals surface area contributed by atoms with Crippen LogP contribution >= 0.6 is 0 Å². The normalized spacial score (nSPS) is 11.3. The molecule has 2 heterocycles. The summed E-state index contributed by atoms with van der Waals surface area (Å²) in [6.07, 6.45) is 4.28. The minimum absolute atomic E-state index is 0.00349. The van der Waals surface area contributed by atoms with Crippen molar-refractivity contribution in [3.05, 3.63) is 65.2 Å². The van der Waals surface area contributed by atoms with E-state index < -0.39 is 14.9 Å². The van der Waals surface area contributed by atoms with Gasteiger partial charge < -0.3 is 10.6 Å². The van der Waals surface area contributed by atoms with E-state index in [-0.39, 0.29) is 22.2 Å². The van der Waals surface area contributed by atoms with Crippen LogP contribution in [-0.4, -0.2) is 45.7 Å². The number of aromatic nitrogens is 3. The van der Waals surface area contributed by atoms with Crippen LogP contribution in [0.1, 0.15) is 13.8 Å². The second-order valence-corrected chi connectivity index (χ2v) is 8.22. The zero-order chi connectivity index (χ0) is 22.4. The lowest BCUT2D eigenvalue weighted by atomic mass is 10.3. The molecule has 2 N–H and O–H groups in total. The molecule has 12 heteroatoms. The molecule has 0 fully saturated rings. The predicted octanol–water partition coefficient (Wildman–Crippen LogP) is 3.30. The Hall–Kier alpha value is -3.64. The smallest absolute Gasteiger partial charge is 0.334 e. The van der Waals surface area contributed by atoms with Gasteiger partial charge in [0.15, 0.2) is 0 Å². The number of sulfonamides is 1. The van der Waals surface area contributed by atoms with Crippen LogP contribution < -0.4 is 10.6 Å². The fourth-order valence-corrected chi connectivity index (χ4v) is 4.33. The van der Waals surface area contributed by atoms with Crippen molar-refractivity contribution in [2.24, 2.45) is 0 Å². The van der Waals surface area contributed by atoms with Gasteiger partial charge in [0, 0.05) is 25.0 Å². The number of nitro groups is 1. The van der Waals surface area contributed by atoms with Crippen molar-refractivity contribution in [3.8, 4) is 0 Å². The van der Waals surface area contributed by atoms with Crippen LogP contribution in [0.2, 0.25) is 0 Å². The molecule has 0 aliphatic heterocycles. The number of anilines is 4. The molecule has 31 heavy (non-hydrogen) atoms. The third-order valence-corrected chi connectivity index (χ3v) is 6.45. The van der Waals surface area contributed by atoms with Crippen LogP contribution in [0.5, 0.6) is 0 Å². The average Bonchev–Trinajstić information content (AvgIpc) is 2.75. The molecule has 3 rings (SSSR count). The number of hydrogen-bond acceptors (Lipinski definition) is 9. The maximum absolute atomic E-state index is 12.6. The molecule has 0 aliphatic rings. The Morgan fingerprint density at radius 3 is 2.13 bits per heavy atom. The molecule has 3 aromatic rings. The monoisotopic (exact) mass is 443 g/mol. The van der Waals surface area contributed by atoms with Crippen LogP contribution in [0, 0.1) is 10.1 Å². The molecule has 0 saturated carbocycles. The zero-order valence-corrected chi connectivity index (χ0v) is 17.7. The van der Waals surface area contributed by atoms with Gasteiger partial charge in [-0.2, -0.15) is 4.31 Å². The van der Waals surface area contributed by atoms with E-state index in [4.69, 9.17) is 0 Å². The zero-order valence-electron chi connectivity index (χ0n) is 16.9. The molecule has 2 aromatic heterocycles. The van der Waals surface area contributed by atoms with Crippen molar-refractivity contribution in [2.75, 3.05) is 23.7 Å². The van der Waals surface area contributed by atoms with Gasteiger partial charge in [-0.3, -0.25) is 15.1 Å².